The standard InChI is InChI=1S/C12H17NO3S/c1-14-9-3-4-10(15-2)11(5-9)17-12(6-13)7-16-8-12/h3-5H,6-8,13H2,1-2H3. The molecule has 0 radical (unpaired) electrons. The number of nitrogens with two attached hydrogens (primary N) is 1. The van der Waals surface area contributed by atoms with Crippen molar-refractivity contribution in [3.63, 3.8) is 0 Å². The highest BCUT2D eigenvalue weighted by Gasteiger charge is 2.39. The molecule has 0 aromatic heterocycles. The van der Waals surface area contributed by atoms with Crippen LogP contribution in [-0.2, 0) is 4.74 Å². The summed E-state index contributed by atoms with van der Waals surface area (Å²) in [5, 5.41) is 0. The molecule has 1 saturated heterocycles. The predicted molar refractivity (Wildman–Crippen MR) is 68.0 cm³/mol. The van der Waals surface area contributed by atoms with Crippen LogP contribution >= 0.6 is 11.8 Å². The lowest BCUT2D eigenvalue weighted by Crippen LogP contribution is -2.52. The van der Waals surface area contributed by atoms with Gasteiger partial charge in [-0.25, -0.2) is 0 Å². The van der Waals surface area contributed by atoms with Gasteiger partial charge in [-0.2, -0.15) is 0 Å². The van der Waals surface area contributed by atoms with Gasteiger partial charge in [0.25, 0.3) is 0 Å². The van der Waals surface area contributed by atoms with E-state index in [1.54, 1.807) is 26.0 Å². The highest BCUT2D eigenvalue weighted by molar-refractivity contribution is 8.01. The summed E-state index contributed by atoms with van der Waals surface area (Å²) < 4.78 is 15.8. The first-order valence-electron chi connectivity index (χ1n) is 5.42. The first-order chi connectivity index (χ1) is 8.23. The van der Waals surface area contributed by atoms with Gasteiger partial charge in [0, 0.05) is 6.54 Å². The highest BCUT2D eigenvalue weighted by Crippen LogP contribution is 2.43. The van der Waals surface area contributed by atoms with E-state index in [1.165, 1.54) is 0 Å². The number of hydrogen-bond donors (Lipinski definition) is 1. The van der Waals surface area contributed by atoms with Crippen LogP contribution in [-0.4, -0.2) is 38.7 Å². The van der Waals surface area contributed by atoms with Gasteiger partial charge < -0.3 is 19.9 Å². The smallest absolute Gasteiger partial charge is 0.132 e. The first kappa shape index (κ1) is 12.5. The van der Waals surface area contributed by atoms with Crippen molar-refractivity contribution in [1.82, 2.24) is 0 Å². The summed E-state index contributed by atoms with van der Waals surface area (Å²) in [6.45, 7) is 1.97. The summed E-state index contributed by atoms with van der Waals surface area (Å²) in [5.74, 6) is 1.66. The lowest BCUT2D eigenvalue weighted by molar-refractivity contribution is -0.00437. The molecule has 4 nitrogen and oxygen atoms in total. The summed E-state index contributed by atoms with van der Waals surface area (Å²) in [6, 6.07) is 5.76. The van der Waals surface area contributed by atoms with Gasteiger partial charge in [-0.15, -0.1) is 11.8 Å². The monoisotopic (exact) mass is 255 g/mol. The minimum absolute atomic E-state index is 0.0142. The van der Waals surface area contributed by atoms with Crippen LogP contribution < -0.4 is 15.2 Å². The van der Waals surface area contributed by atoms with Crippen molar-refractivity contribution < 1.29 is 14.2 Å². The molecule has 5 heteroatoms. The largest absolute Gasteiger partial charge is 0.497 e. The van der Waals surface area contributed by atoms with Crippen LogP contribution in [0.5, 0.6) is 11.5 Å². The quantitative estimate of drug-likeness (QED) is 0.864. The Morgan fingerprint density at radius 1 is 1.35 bits per heavy atom. The maximum atomic E-state index is 5.81. The maximum absolute atomic E-state index is 5.81. The third kappa shape index (κ3) is 2.51. The lowest BCUT2D eigenvalue weighted by Gasteiger charge is -2.39. The molecule has 0 saturated carbocycles. The Balaban J connectivity index is 2.23. The van der Waals surface area contributed by atoms with E-state index in [1.807, 2.05) is 18.2 Å². The summed E-state index contributed by atoms with van der Waals surface area (Å²) in [5.41, 5.74) is 5.81. The van der Waals surface area contributed by atoms with Crippen LogP contribution in [0.3, 0.4) is 0 Å². The van der Waals surface area contributed by atoms with Gasteiger partial charge in [-0.05, 0) is 18.2 Å². The van der Waals surface area contributed by atoms with E-state index in [0.717, 1.165) is 16.4 Å². The van der Waals surface area contributed by atoms with Gasteiger partial charge >= 0.3 is 0 Å². The fourth-order valence-corrected chi connectivity index (χ4v) is 2.91. The Morgan fingerprint density at radius 2 is 2.12 bits per heavy atom. The second-order valence-electron chi connectivity index (χ2n) is 4.00. The molecule has 1 aliphatic heterocycles. The average Bonchev–Trinajstić information content (AvgIpc) is 2.33. The Morgan fingerprint density at radius 3 is 2.59 bits per heavy atom. The van der Waals surface area contributed by atoms with Gasteiger partial charge in [0.1, 0.15) is 11.5 Å². The fourth-order valence-electron chi connectivity index (χ4n) is 1.65. The van der Waals surface area contributed by atoms with Crippen molar-refractivity contribution in [3.05, 3.63) is 18.2 Å². The molecule has 0 unspecified atom stereocenters. The number of benzene rings is 1. The third-order valence-corrected chi connectivity index (χ3v) is 4.17. The minimum Gasteiger partial charge on any atom is -0.497 e. The number of ether oxygens (including phenoxy) is 3. The average molecular weight is 255 g/mol. The molecular formula is C12H17NO3S. The van der Waals surface area contributed by atoms with Gasteiger partial charge in [-0.3, -0.25) is 0 Å². The third-order valence-electron chi connectivity index (χ3n) is 2.80. The number of methoxy groups -OCH3 is 2. The summed E-state index contributed by atoms with van der Waals surface area (Å²) in [7, 11) is 3.32. The zero-order valence-electron chi connectivity index (χ0n) is 10.1. The van der Waals surface area contributed by atoms with E-state index in [-0.39, 0.29) is 4.75 Å². The molecule has 0 aliphatic carbocycles. The fraction of sp³-hybridized carbons (Fsp3) is 0.500. The van der Waals surface area contributed by atoms with E-state index in [4.69, 9.17) is 19.9 Å². The van der Waals surface area contributed by atoms with E-state index in [0.29, 0.717) is 19.8 Å². The Labute approximate surface area is 105 Å². The second kappa shape index (κ2) is 5.16. The Kier molecular flexibility index (Phi) is 3.81. The molecule has 0 bridgehead atoms. The molecule has 1 heterocycles. The predicted octanol–water partition coefficient (Wildman–Crippen LogP) is 1.52. The van der Waals surface area contributed by atoms with Crippen molar-refractivity contribution in [2.45, 2.75) is 9.64 Å². The van der Waals surface area contributed by atoms with E-state index >= 15 is 0 Å². The topological polar surface area (TPSA) is 53.7 Å². The van der Waals surface area contributed by atoms with Crippen molar-refractivity contribution in [3.8, 4) is 11.5 Å². The van der Waals surface area contributed by atoms with Crippen LogP contribution in [0.25, 0.3) is 0 Å². The first-order valence-corrected chi connectivity index (χ1v) is 6.23. The van der Waals surface area contributed by atoms with Crippen molar-refractivity contribution in [2.24, 2.45) is 5.73 Å². The molecule has 0 atom stereocenters. The van der Waals surface area contributed by atoms with E-state index in [9.17, 15) is 0 Å². The number of rotatable bonds is 5. The van der Waals surface area contributed by atoms with Gasteiger partial charge in [0.05, 0.1) is 37.1 Å². The molecule has 94 valence electrons. The molecule has 1 aromatic rings. The molecular weight excluding hydrogens is 238 g/mol. The molecule has 1 fully saturated rings. The molecule has 1 aromatic carbocycles. The normalized spacial score (nSPS) is 17.4. The zero-order chi connectivity index (χ0) is 12.3. The number of thioether (sulfide) groups is 1. The lowest BCUT2D eigenvalue weighted by atomic mass is 10.1. The van der Waals surface area contributed by atoms with Gasteiger partial charge in [0.2, 0.25) is 0 Å². The SMILES string of the molecule is COc1ccc(OC)c(SC2(CN)COC2)c1. The van der Waals surface area contributed by atoms with Crippen LogP contribution in [0.2, 0.25) is 0 Å². The molecule has 1 aliphatic rings. The van der Waals surface area contributed by atoms with Gasteiger partial charge in [0.15, 0.2) is 0 Å². The maximum Gasteiger partial charge on any atom is 0.132 e. The molecule has 0 spiro atoms. The second-order valence-corrected chi connectivity index (χ2v) is 5.51. The minimum atomic E-state index is -0.0142. The van der Waals surface area contributed by atoms with Crippen LogP contribution in [0, 0.1) is 0 Å². The van der Waals surface area contributed by atoms with E-state index in [2.05, 4.69) is 0 Å². The molecule has 0 amide bonds. The summed E-state index contributed by atoms with van der Waals surface area (Å²) in [6.07, 6.45) is 0. The Bertz CT molecular complexity index is 388. The van der Waals surface area contributed by atoms with E-state index < -0.39 is 0 Å². The number of hydrogen-bond acceptors (Lipinski definition) is 5. The van der Waals surface area contributed by atoms with Crippen LogP contribution in [0.1, 0.15) is 0 Å². The highest BCUT2D eigenvalue weighted by atomic mass is 32.2. The van der Waals surface area contributed by atoms with Crippen molar-refractivity contribution >= 4 is 11.8 Å². The van der Waals surface area contributed by atoms with Gasteiger partial charge in [-0.1, -0.05) is 0 Å². The van der Waals surface area contributed by atoms with Crippen LogP contribution in [0.15, 0.2) is 23.1 Å². The van der Waals surface area contributed by atoms with Crippen LogP contribution in [0.4, 0.5) is 0 Å². The molecule has 2 rings (SSSR count). The molecule has 2 N–H and O–H groups in total. The molecule has 17 heavy (non-hydrogen) atoms. The van der Waals surface area contributed by atoms with Crippen molar-refractivity contribution in [2.75, 3.05) is 34.0 Å². The zero-order valence-corrected chi connectivity index (χ0v) is 10.9. The summed E-state index contributed by atoms with van der Waals surface area (Å²) >= 11 is 1.70. The Hall–Kier alpha value is -0.910. The van der Waals surface area contributed by atoms with Crippen molar-refractivity contribution in [1.29, 1.82) is 0 Å². The summed E-state index contributed by atoms with van der Waals surface area (Å²) in [4.78, 5) is 1.04.